The lowest BCUT2D eigenvalue weighted by atomic mass is 10.1. The lowest BCUT2D eigenvalue weighted by Crippen LogP contribution is -2.47. The Labute approximate surface area is 126 Å². The summed E-state index contributed by atoms with van der Waals surface area (Å²) in [6, 6.07) is -0.307. The average molecular weight is 316 g/mol. The summed E-state index contributed by atoms with van der Waals surface area (Å²) in [6.07, 6.45) is 0. The van der Waals surface area contributed by atoms with Gasteiger partial charge >= 0.3 is 0 Å². The Kier molecular flexibility index (Phi) is 5.03. The van der Waals surface area contributed by atoms with Gasteiger partial charge in [0.25, 0.3) is 10.2 Å². The van der Waals surface area contributed by atoms with Crippen LogP contribution in [0.5, 0.6) is 0 Å². The molecular formula is C13H24N4O3S. The zero-order valence-corrected chi connectivity index (χ0v) is 13.9. The maximum Gasteiger partial charge on any atom is 0.280 e. The van der Waals surface area contributed by atoms with Crippen LogP contribution in [-0.4, -0.2) is 48.8 Å². The van der Waals surface area contributed by atoms with Crippen molar-refractivity contribution >= 4 is 10.2 Å². The lowest BCUT2D eigenvalue weighted by molar-refractivity contribution is 0.0723. The maximum absolute atomic E-state index is 12.4. The largest absolute Gasteiger partial charge is 0.379 e. The molecule has 7 nitrogen and oxygen atoms in total. The Bertz CT molecular complexity index is 591. The quantitative estimate of drug-likeness (QED) is 0.869. The number of aryl methyl sites for hydroxylation is 2. The smallest absolute Gasteiger partial charge is 0.280 e. The van der Waals surface area contributed by atoms with E-state index in [9.17, 15) is 8.42 Å². The topological polar surface area (TPSA) is 76.5 Å². The Hall–Kier alpha value is -0.960. The Morgan fingerprint density at radius 2 is 1.95 bits per heavy atom. The van der Waals surface area contributed by atoms with E-state index in [1.165, 1.54) is 4.31 Å². The van der Waals surface area contributed by atoms with E-state index >= 15 is 0 Å². The van der Waals surface area contributed by atoms with Crippen LogP contribution in [0, 0.1) is 13.8 Å². The first-order valence-electron chi connectivity index (χ1n) is 7.26. The summed E-state index contributed by atoms with van der Waals surface area (Å²) in [6.45, 7) is 10.2. The molecule has 2 heterocycles. The molecule has 0 amide bonds. The minimum atomic E-state index is -3.50. The van der Waals surface area contributed by atoms with Gasteiger partial charge in [0.1, 0.15) is 0 Å². The molecule has 0 aromatic carbocycles. The van der Waals surface area contributed by atoms with Crippen LogP contribution in [-0.2, 0) is 21.5 Å². The highest BCUT2D eigenvalue weighted by Crippen LogP contribution is 2.22. The monoisotopic (exact) mass is 316 g/mol. The molecule has 1 aromatic rings. The average Bonchev–Trinajstić information content (AvgIpc) is 2.73. The minimum absolute atomic E-state index is 0.307. The molecule has 0 bridgehead atoms. The highest BCUT2D eigenvalue weighted by Gasteiger charge is 2.28. The van der Waals surface area contributed by atoms with Gasteiger partial charge in [-0.2, -0.15) is 22.5 Å². The van der Waals surface area contributed by atoms with E-state index in [-0.39, 0.29) is 6.04 Å². The number of hydrogen-bond donors (Lipinski definition) is 1. The first-order valence-corrected chi connectivity index (χ1v) is 8.70. The Balaban J connectivity index is 2.17. The van der Waals surface area contributed by atoms with Gasteiger partial charge in [-0.05, 0) is 27.7 Å². The molecule has 1 atom stereocenters. The molecule has 1 aliphatic rings. The van der Waals surface area contributed by atoms with Crippen LogP contribution in [0.1, 0.15) is 36.8 Å². The number of ether oxygens (including phenoxy) is 1. The van der Waals surface area contributed by atoms with Crippen molar-refractivity contribution in [3.05, 3.63) is 17.0 Å². The molecule has 1 aromatic heterocycles. The van der Waals surface area contributed by atoms with E-state index in [1.807, 2.05) is 32.4 Å². The van der Waals surface area contributed by atoms with Crippen molar-refractivity contribution in [2.45, 2.75) is 40.3 Å². The standard InChI is InChI=1S/C13H24N4O3S/c1-5-17-12(4)13(10(2)14-17)11(3)15-21(18,19)16-6-8-20-9-7-16/h11,15H,5-9H2,1-4H3/t11-/m1/s1. The third-order valence-electron chi connectivity index (χ3n) is 3.81. The summed E-state index contributed by atoms with van der Waals surface area (Å²) >= 11 is 0. The van der Waals surface area contributed by atoms with Gasteiger partial charge in [0.2, 0.25) is 0 Å². The lowest BCUT2D eigenvalue weighted by Gasteiger charge is -2.27. The van der Waals surface area contributed by atoms with Crippen LogP contribution in [0.2, 0.25) is 0 Å². The summed E-state index contributed by atoms with van der Waals surface area (Å²) in [7, 11) is -3.50. The van der Waals surface area contributed by atoms with Crippen molar-refractivity contribution in [2.75, 3.05) is 26.3 Å². The van der Waals surface area contributed by atoms with Gasteiger partial charge in [-0.15, -0.1) is 0 Å². The molecule has 1 saturated heterocycles. The molecule has 1 aliphatic heterocycles. The fraction of sp³-hybridized carbons (Fsp3) is 0.769. The van der Waals surface area contributed by atoms with Crippen LogP contribution < -0.4 is 4.72 Å². The third-order valence-corrected chi connectivity index (χ3v) is 5.50. The van der Waals surface area contributed by atoms with E-state index < -0.39 is 10.2 Å². The summed E-state index contributed by atoms with van der Waals surface area (Å²) < 4.78 is 36.1. The summed E-state index contributed by atoms with van der Waals surface area (Å²) in [5.74, 6) is 0. The van der Waals surface area contributed by atoms with Crippen LogP contribution in [0.3, 0.4) is 0 Å². The zero-order valence-electron chi connectivity index (χ0n) is 13.1. The number of nitrogens with one attached hydrogen (secondary N) is 1. The minimum Gasteiger partial charge on any atom is -0.379 e. The predicted octanol–water partition coefficient (Wildman–Crippen LogP) is 0.747. The van der Waals surface area contributed by atoms with Crippen LogP contribution in [0.25, 0.3) is 0 Å². The predicted molar refractivity (Wildman–Crippen MR) is 80.2 cm³/mol. The van der Waals surface area contributed by atoms with Crippen molar-refractivity contribution in [1.82, 2.24) is 18.8 Å². The summed E-state index contributed by atoms with van der Waals surface area (Å²) in [5.41, 5.74) is 2.83. The first-order chi connectivity index (χ1) is 9.86. The molecule has 1 N–H and O–H groups in total. The van der Waals surface area contributed by atoms with Gasteiger partial charge in [-0.1, -0.05) is 0 Å². The molecule has 0 spiro atoms. The van der Waals surface area contributed by atoms with Crippen LogP contribution >= 0.6 is 0 Å². The van der Waals surface area contributed by atoms with Crippen molar-refractivity contribution < 1.29 is 13.2 Å². The second-order valence-electron chi connectivity index (χ2n) is 5.26. The van der Waals surface area contributed by atoms with Crippen molar-refractivity contribution in [1.29, 1.82) is 0 Å². The Morgan fingerprint density at radius 3 is 2.48 bits per heavy atom. The van der Waals surface area contributed by atoms with E-state index in [0.717, 1.165) is 23.5 Å². The van der Waals surface area contributed by atoms with Crippen LogP contribution in [0.4, 0.5) is 0 Å². The normalized spacial score (nSPS) is 18.9. The maximum atomic E-state index is 12.4. The molecule has 0 aliphatic carbocycles. The van der Waals surface area contributed by atoms with Crippen molar-refractivity contribution in [2.24, 2.45) is 0 Å². The van der Waals surface area contributed by atoms with Gasteiger partial charge in [-0.25, -0.2) is 0 Å². The van der Waals surface area contributed by atoms with Gasteiger partial charge in [0, 0.05) is 36.9 Å². The zero-order chi connectivity index (χ0) is 15.6. The SMILES string of the molecule is CCn1nc(C)c([C@@H](C)NS(=O)(=O)N2CCOCC2)c1C. The second-order valence-corrected chi connectivity index (χ2v) is 6.96. The second kappa shape index (κ2) is 6.43. The van der Waals surface area contributed by atoms with Gasteiger partial charge in [0.15, 0.2) is 0 Å². The molecule has 0 saturated carbocycles. The number of rotatable bonds is 5. The fourth-order valence-corrected chi connectivity index (χ4v) is 4.13. The van der Waals surface area contributed by atoms with Gasteiger partial charge in [0.05, 0.1) is 18.9 Å². The molecule has 1 fully saturated rings. The summed E-state index contributed by atoms with van der Waals surface area (Å²) in [5, 5.41) is 4.44. The van der Waals surface area contributed by atoms with Gasteiger partial charge in [-0.3, -0.25) is 4.68 Å². The third kappa shape index (κ3) is 3.45. The highest BCUT2D eigenvalue weighted by atomic mass is 32.2. The first kappa shape index (κ1) is 16.4. The van der Waals surface area contributed by atoms with E-state index in [1.54, 1.807) is 0 Å². The van der Waals surface area contributed by atoms with Crippen LogP contribution in [0.15, 0.2) is 0 Å². The Morgan fingerprint density at radius 1 is 1.33 bits per heavy atom. The van der Waals surface area contributed by atoms with E-state index in [4.69, 9.17) is 4.74 Å². The number of nitrogens with zero attached hydrogens (tertiary/aromatic N) is 3. The number of aromatic nitrogens is 2. The molecule has 8 heteroatoms. The molecule has 21 heavy (non-hydrogen) atoms. The van der Waals surface area contributed by atoms with Crippen molar-refractivity contribution in [3.8, 4) is 0 Å². The number of morpholine rings is 1. The fourth-order valence-electron chi connectivity index (χ4n) is 2.79. The molecule has 120 valence electrons. The molecule has 0 unspecified atom stereocenters. The van der Waals surface area contributed by atoms with E-state index in [0.29, 0.717) is 26.3 Å². The molecular weight excluding hydrogens is 292 g/mol. The molecule has 2 rings (SSSR count). The summed E-state index contributed by atoms with van der Waals surface area (Å²) in [4.78, 5) is 0. The highest BCUT2D eigenvalue weighted by molar-refractivity contribution is 7.87. The van der Waals surface area contributed by atoms with Crippen molar-refractivity contribution in [3.63, 3.8) is 0 Å². The van der Waals surface area contributed by atoms with E-state index in [2.05, 4.69) is 9.82 Å². The molecule has 0 radical (unpaired) electrons. The van der Waals surface area contributed by atoms with Gasteiger partial charge < -0.3 is 4.74 Å². The number of hydrogen-bond acceptors (Lipinski definition) is 4.